The molecule has 0 radical (unpaired) electrons. The van der Waals surface area contributed by atoms with Gasteiger partial charge in [-0.15, -0.1) is 0 Å². The zero-order chi connectivity index (χ0) is 18.7. The van der Waals surface area contributed by atoms with Crippen LogP contribution in [0.2, 0.25) is 0 Å². The molecule has 4 heteroatoms. The van der Waals surface area contributed by atoms with Crippen molar-refractivity contribution in [2.45, 2.75) is 46.0 Å². The molecule has 1 N–H and O–H groups in total. The Morgan fingerprint density at radius 3 is 2.58 bits per heavy atom. The van der Waals surface area contributed by atoms with Crippen molar-refractivity contribution in [2.24, 2.45) is 5.92 Å². The molecule has 0 aliphatic carbocycles. The number of rotatable bonds is 3. The Labute approximate surface area is 156 Å². The van der Waals surface area contributed by atoms with Gasteiger partial charge >= 0.3 is 0 Å². The summed E-state index contributed by atoms with van der Waals surface area (Å²) in [6.45, 7) is 10.5. The summed E-state index contributed by atoms with van der Waals surface area (Å²) in [6, 6.07) is 12.0. The Bertz CT molecular complexity index is 762. The Morgan fingerprint density at radius 2 is 1.92 bits per heavy atom. The minimum atomic E-state index is 0.102. The lowest BCUT2D eigenvalue weighted by Gasteiger charge is -2.31. The van der Waals surface area contributed by atoms with Gasteiger partial charge in [-0.1, -0.05) is 39.8 Å². The standard InChI is InChI=1S/C22H29N3O/c1-16-6-5-13-25(15-16)21(26)17-11-12-23-20(14-17)24-19-9-7-18(8-10-19)22(2,3)4/h7-12,14,16H,5-6,13,15H2,1-4H3,(H,23,24). The second-order valence-corrected chi connectivity index (χ2v) is 8.38. The maximum Gasteiger partial charge on any atom is 0.254 e. The molecule has 2 aromatic rings. The Balaban J connectivity index is 1.72. The van der Waals surface area contributed by atoms with Gasteiger partial charge in [-0.05, 0) is 54.0 Å². The molecular formula is C22H29N3O. The molecule has 1 unspecified atom stereocenters. The Morgan fingerprint density at radius 1 is 1.19 bits per heavy atom. The van der Waals surface area contributed by atoms with E-state index in [2.05, 4.69) is 62.3 Å². The number of anilines is 2. The third-order valence-corrected chi connectivity index (χ3v) is 4.97. The molecule has 1 atom stereocenters. The van der Waals surface area contributed by atoms with E-state index in [4.69, 9.17) is 0 Å². The fraction of sp³-hybridized carbons (Fsp3) is 0.455. The van der Waals surface area contributed by atoms with Crippen LogP contribution in [0.5, 0.6) is 0 Å². The number of pyridine rings is 1. The van der Waals surface area contributed by atoms with Crippen LogP contribution in [0.1, 0.15) is 56.5 Å². The Kier molecular flexibility index (Phi) is 5.30. The summed E-state index contributed by atoms with van der Waals surface area (Å²) in [5.41, 5.74) is 3.10. The molecule has 1 fully saturated rings. The van der Waals surface area contributed by atoms with E-state index in [1.54, 1.807) is 12.3 Å². The van der Waals surface area contributed by atoms with Crippen molar-refractivity contribution < 1.29 is 4.79 Å². The SMILES string of the molecule is CC1CCCN(C(=O)c2ccnc(Nc3ccc(C(C)(C)C)cc3)c2)C1. The summed E-state index contributed by atoms with van der Waals surface area (Å²) in [5, 5.41) is 3.31. The first-order valence-electron chi connectivity index (χ1n) is 9.46. The average Bonchev–Trinajstić information content (AvgIpc) is 2.61. The maximum atomic E-state index is 12.8. The lowest BCUT2D eigenvalue weighted by Crippen LogP contribution is -2.39. The number of piperidine rings is 1. The minimum Gasteiger partial charge on any atom is -0.340 e. The van der Waals surface area contributed by atoms with Gasteiger partial charge < -0.3 is 10.2 Å². The highest BCUT2D eigenvalue weighted by Gasteiger charge is 2.22. The van der Waals surface area contributed by atoms with E-state index < -0.39 is 0 Å². The molecule has 138 valence electrons. The van der Waals surface area contributed by atoms with Crippen molar-refractivity contribution in [3.8, 4) is 0 Å². The van der Waals surface area contributed by atoms with E-state index in [1.165, 1.54) is 12.0 Å². The molecule has 2 heterocycles. The summed E-state index contributed by atoms with van der Waals surface area (Å²) in [6.07, 6.45) is 3.99. The molecular weight excluding hydrogens is 322 g/mol. The fourth-order valence-corrected chi connectivity index (χ4v) is 3.39. The lowest BCUT2D eigenvalue weighted by molar-refractivity contribution is 0.0683. The third kappa shape index (κ3) is 4.43. The van der Waals surface area contributed by atoms with Gasteiger partial charge in [-0.25, -0.2) is 4.98 Å². The third-order valence-electron chi connectivity index (χ3n) is 4.97. The van der Waals surface area contributed by atoms with Crippen LogP contribution in [0.3, 0.4) is 0 Å². The molecule has 1 aromatic heterocycles. The highest BCUT2D eigenvalue weighted by atomic mass is 16.2. The average molecular weight is 351 g/mol. The first kappa shape index (κ1) is 18.4. The number of aromatic nitrogens is 1. The zero-order valence-corrected chi connectivity index (χ0v) is 16.2. The molecule has 1 aliphatic heterocycles. The predicted octanol–water partition coefficient (Wildman–Crippen LogP) is 4.99. The maximum absolute atomic E-state index is 12.8. The van der Waals surface area contributed by atoms with E-state index in [0.29, 0.717) is 17.3 Å². The van der Waals surface area contributed by atoms with Crippen molar-refractivity contribution in [1.82, 2.24) is 9.88 Å². The highest BCUT2D eigenvalue weighted by Crippen LogP contribution is 2.25. The van der Waals surface area contributed by atoms with Crippen molar-refractivity contribution in [2.75, 3.05) is 18.4 Å². The van der Waals surface area contributed by atoms with Gasteiger partial charge in [0, 0.05) is 30.5 Å². The molecule has 0 spiro atoms. The smallest absolute Gasteiger partial charge is 0.254 e. The molecule has 26 heavy (non-hydrogen) atoms. The number of carbonyl (C=O) groups is 1. The summed E-state index contributed by atoms with van der Waals surface area (Å²) in [7, 11) is 0. The first-order valence-corrected chi connectivity index (χ1v) is 9.46. The van der Waals surface area contributed by atoms with E-state index in [0.717, 1.165) is 25.2 Å². The molecule has 1 aliphatic rings. The predicted molar refractivity (Wildman–Crippen MR) is 107 cm³/mol. The number of hydrogen-bond acceptors (Lipinski definition) is 3. The van der Waals surface area contributed by atoms with Gasteiger partial charge in [0.2, 0.25) is 0 Å². The molecule has 3 rings (SSSR count). The quantitative estimate of drug-likeness (QED) is 0.847. The lowest BCUT2D eigenvalue weighted by atomic mass is 9.87. The fourth-order valence-electron chi connectivity index (χ4n) is 3.39. The van der Waals surface area contributed by atoms with Gasteiger partial charge in [-0.3, -0.25) is 4.79 Å². The van der Waals surface area contributed by atoms with Crippen molar-refractivity contribution in [3.63, 3.8) is 0 Å². The summed E-state index contributed by atoms with van der Waals surface area (Å²) >= 11 is 0. The summed E-state index contributed by atoms with van der Waals surface area (Å²) in [5.74, 6) is 1.38. The van der Waals surface area contributed by atoms with Crippen LogP contribution in [0.4, 0.5) is 11.5 Å². The number of carbonyl (C=O) groups excluding carboxylic acids is 1. The first-order chi connectivity index (χ1) is 12.3. The number of benzene rings is 1. The highest BCUT2D eigenvalue weighted by molar-refractivity contribution is 5.95. The molecule has 1 amide bonds. The molecule has 0 saturated carbocycles. The normalized spacial score (nSPS) is 17.8. The monoisotopic (exact) mass is 351 g/mol. The van der Waals surface area contributed by atoms with Gasteiger partial charge in [0.15, 0.2) is 0 Å². The van der Waals surface area contributed by atoms with Gasteiger partial charge in [0.25, 0.3) is 5.91 Å². The second-order valence-electron chi connectivity index (χ2n) is 8.38. The largest absolute Gasteiger partial charge is 0.340 e. The molecule has 1 saturated heterocycles. The zero-order valence-electron chi connectivity index (χ0n) is 16.2. The number of likely N-dealkylation sites (tertiary alicyclic amines) is 1. The molecule has 4 nitrogen and oxygen atoms in total. The summed E-state index contributed by atoms with van der Waals surface area (Å²) < 4.78 is 0. The van der Waals surface area contributed by atoms with Crippen LogP contribution in [-0.4, -0.2) is 28.9 Å². The van der Waals surface area contributed by atoms with Crippen molar-refractivity contribution >= 4 is 17.4 Å². The molecule has 0 bridgehead atoms. The Hall–Kier alpha value is -2.36. The number of amides is 1. The minimum absolute atomic E-state index is 0.102. The van der Waals surface area contributed by atoms with Crippen LogP contribution in [-0.2, 0) is 5.41 Å². The molecule has 1 aromatic carbocycles. The second kappa shape index (κ2) is 7.48. The van der Waals surface area contributed by atoms with E-state index in [1.807, 2.05) is 11.0 Å². The number of hydrogen-bond donors (Lipinski definition) is 1. The van der Waals surface area contributed by atoms with E-state index in [9.17, 15) is 4.79 Å². The van der Waals surface area contributed by atoms with Crippen LogP contribution >= 0.6 is 0 Å². The van der Waals surface area contributed by atoms with Crippen LogP contribution in [0.25, 0.3) is 0 Å². The van der Waals surface area contributed by atoms with Crippen molar-refractivity contribution in [1.29, 1.82) is 0 Å². The van der Waals surface area contributed by atoms with E-state index in [-0.39, 0.29) is 11.3 Å². The van der Waals surface area contributed by atoms with Gasteiger partial charge in [0.05, 0.1) is 0 Å². The number of nitrogens with zero attached hydrogens (tertiary/aromatic N) is 2. The van der Waals surface area contributed by atoms with Crippen molar-refractivity contribution in [3.05, 3.63) is 53.7 Å². The van der Waals surface area contributed by atoms with E-state index >= 15 is 0 Å². The summed E-state index contributed by atoms with van der Waals surface area (Å²) in [4.78, 5) is 19.1. The van der Waals surface area contributed by atoms with Crippen LogP contribution < -0.4 is 5.32 Å². The number of nitrogens with one attached hydrogen (secondary N) is 1. The topological polar surface area (TPSA) is 45.2 Å². The van der Waals surface area contributed by atoms with Crippen LogP contribution in [0.15, 0.2) is 42.6 Å². The van der Waals surface area contributed by atoms with Gasteiger partial charge in [-0.2, -0.15) is 0 Å². The van der Waals surface area contributed by atoms with Gasteiger partial charge in [0.1, 0.15) is 5.82 Å². The van der Waals surface area contributed by atoms with Crippen LogP contribution in [0, 0.1) is 5.92 Å².